The molecule has 0 aliphatic carbocycles. The van der Waals surface area contributed by atoms with Crippen molar-refractivity contribution in [3.05, 3.63) is 65.8 Å². The van der Waals surface area contributed by atoms with E-state index in [2.05, 4.69) is 20.2 Å². The van der Waals surface area contributed by atoms with Gasteiger partial charge in [-0.15, -0.1) is 0 Å². The molecule has 1 fully saturated rings. The number of hydrogen-bond acceptors (Lipinski definition) is 6. The third-order valence-electron chi connectivity index (χ3n) is 5.63. The standard InChI is InChI=1S/C24H25F3N4O3/c25-19-5-1-3-17(13-19)22-29-23(34-30-22)18-4-2-12-31(14-18)15-21(32)28-11-10-16-6-8-20(9-7-16)33-24(26)27/h1,3,5-9,13,18,24H,2,4,10-12,14-15H2,(H,28,32)/t18-/m1/s1. The minimum absolute atomic E-state index is 0.00494. The normalized spacial score (nSPS) is 16.5. The number of likely N-dealkylation sites (tertiary alicyclic amines) is 1. The highest BCUT2D eigenvalue weighted by molar-refractivity contribution is 5.78. The van der Waals surface area contributed by atoms with Crippen molar-refractivity contribution in [1.29, 1.82) is 0 Å². The van der Waals surface area contributed by atoms with E-state index in [0.717, 1.165) is 24.9 Å². The number of nitrogens with one attached hydrogen (secondary N) is 1. The van der Waals surface area contributed by atoms with Crippen molar-refractivity contribution in [2.24, 2.45) is 0 Å². The van der Waals surface area contributed by atoms with Crippen molar-refractivity contribution in [2.75, 3.05) is 26.2 Å². The first kappa shape index (κ1) is 23.7. The quantitative estimate of drug-likeness (QED) is 0.505. The van der Waals surface area contributed by atoms with Gasteiger partial charge in [0.15, 0.2) is 0 Å². The van der Waals surface area contributed by atoms with E-state index in [4.69, 9.17) is 4.52 Å². The third kappa shape index (κ3) is 6.57. The van der Waals surface area contributed by atoms with E-state index >= 15 is 0 Å². The molecule has 1 aromatic heterocycles. The van der Waals surface area contributed by atoms with Crippen LogP contribution in [0.3, 0.4) is 0 Å². The molecular formula is C24H25F3N4O3. The van der Waals surface area contributed by atoms with Gasteiger partial charge in [0, 0.05) is 18.7 Å². The lowest BCUT2D eigenvalue weighted by Crippen LogP contribution is -2.42. The topological polar surface area (TPSA) is 80.5 Å². The zero-order valence-electron chi connectivity index (χ0n) is 18.4. The lowest BCUT2D eigenvalue weighted by atomic mass is 9.98. The number of amides is 1. The number of aromatic nitrogens is 2. The monoisotopic (exact) mass is 474 g/mol. The molecule has 1 aliphatic rings. The van der Waals surface area contributed by atoms with Gasteiger partial charge in [0.25, 0.3) is 0 Å². The number of nitrogens with zero attached hydrogens (tertiary/aromatic N) is 3. The number of carbonyl (C=O) groups is 1. The summed E-state index contributed by atoms with van der Waals surface area (Å²) in [5, 5.41) is 6.87. The van der Waals surface area contributed by atoms with Crippen LogP contribution in [0.1, 0.15) is 30.2 Å². The Morgan fingerprint density at radius 1 is 1.24 bits per heavy atom. The van der Waals surface area contributed by atoms with Crippen LogP contribution in [0.5, 0.6) is 5.75 Å². The molecular weight excluding hydrogens is 449 g/mol. The van der Waals surface area contributed by atoms with E-state index in [-0.39, 0.29) is 29.9 Å². The predicted octanol–water partition coefficient (Wildman–Crippen LogP) is 4.02. The Bertz CT molecular complexity index is 1090. The molecule has 1 N–H and O–H groups in total. The van der Waals surface area contributed by atoms with Gasteiger partial charge in [0.2, 0.25) is 17.6 Å². The first-order valence-corrected chi connectivity index (χ1v) is 11.1. The van der Waals surface area contributed by atoms with Gasteiger partial charge >= 0.3 is 6.61 Å². The summed E-state index contributed by atoms with van der Waals surface area (Å²) in [5.41, 5.74) is 1.46. The maximum Gasteiger partial charge on any atom is 0.387 e. The van der Waals surface area contributed by atoms with E-state index in [1.807, 2.05) is 4.90 Å². The number of ether oxygens (including phenoxy) is 1. The maximum absolute atomic E-state index is 13.5. The Hall–Kier alpha value is -3.40. The van der Waals surface area contributed by atoms with Crippen molar-refractivity contribution in [3.8, 4) is 17.1 Å². The lowest BCUT2D eigenvalue weighted by Gasteiger charge is -2.30. The Morgan fingerprint density at radius 3 is 2.82 bits per heavy atom. The van der Waals surface area contributed by atoms with Crippen LogP contribution in [0.25, 0.3) is 11.4 Å². The largest absolute Gasteiger partial charge is 0.435 e. The highest BCUT2D eigenvalue weighted by atomic mass is 19.3. The molecule has 1 atom stereocenters. The van der Waals surface area contributed by atoms with Crippen LogP contribution in [0.15, 0.2) is 53.1 Å². The number of rotatable bonds is 9. The molecule has 34 heavy (non-hydrogen) atoms. The number of piperidine rings is 1. The first-order chi connectivity index (χ1) is 16.5. The molecule has 0 spiro atoms. The van der Waals surface area contributed by atoms with Gasteiger partial charge in [-0.1, -0.05) is 29.4 Å². The smallest absolute Gasteiger partial charge is 0.387 e. The zero-order valence-corrected chi connectivity index (χ0v) is 18.4. The van der Waals surface area contributed by atoms with Crippen LogP contribution in [0.2, 0.25) is 0 Å². The van der Waals surface area contributed by atoms with E-state index in [9.17, 15) is 18.0 Å². The van der Waals surface area contributed by atoms with Gasteiger partial charge in [0.1, 0.15) is 11.6 Å². The first-order valence-electron chi connectivity index (χ1n) is 11.1. The molecule has 2 aromatic carbocycles. The molecule has 0 saturated carbocycles. The summed E-state index contributed by atoms with van der Waals surface area (Å²) in [4.78, 5) is 18.9. The lowest BCUT2D eigenvalue weighted by molar-refractivity contribution is -0.122. The fourth-order valence-corrected chi connectivity index (χ4v) is 3.99. The van der Waals surface area contributed by atoms with Gasteiger partial charge in [-0.25, -0.2) is 4.39 Å². The second-order valence-corrected chi connectivity index (χ2v) is 8.16. The summed E-state index contributed by atoms with van der Waals surface area (Å²) in [7, 11) is 0. The fraction of sp³-hybridized carbons (Fsp3) is 0.375. The summed E-state index contributed by atoms with van der Waals surface area (Å²) in [6.45, 7) is -0.756. The van der Waals surface area contributed by atoms with Gasteiger partial charge in [-0.05, 0) is 55.6 Å². The molecule has 0 radical (unpaired) electrons. The number of halogens is 3. The number of hydrogen-bond donors (Lipinski definition) is 1. The Morgan fingerprint density at radius 2 is 2.06 bits per heavy atom. The van der Waals surface area contributed by atoms with Crippen LogP contribution in [-0.4, -0.2) is 53.7 Å². The Labute approximate surface area is 194 Å². The van der Waals surface area contributed by atoms with Crippen LogP contribution in [-0.2, 0) is 11.2 Å². The molecule has 0 bridgehead atoms. The van der Waals surface area contributed by atoms with Gasteiger partial charge in [-0.2, -0.15) is 13.8 Å². The van der Waals surface area contributed by atoms with E-state index < -0.39 is 6.61 Å². The minimum atomic E-state index is -2.85. The second kappa shape index (κ2) is 11.1. The van der Waals surface area contributed by atoms with Crippen molar-refractivity contribution < 1.29 is 27.2 Å². The maximum atomic E-state index is 13.5. The highest BCUT2D eigenvalue weighted by Crippen LogP contribution is 2.27. The molecule has 2 heterocycles. The molecule has 4 rings (SSSR count). The SMILES string of the molecule is O=C(CN1CCC[C@@H](c2nc(-c3cccc(F)c3)no2)C1)NCCc1ccc(OC(F)F)cc1. The van der Waals surface area contributed by atoms with Crippen LogP contribution < -0.4 is 10.1 Å². The minimum Gasteiger partial charge on any atom is -0.435 e. The van der Waals surface area contributed by atoms with Gasteiger partial charge < -0.3 is 14.6 Å². The average molecular weight is 474 g/mol. The summed E-state index contributed by atoms with van der Waals surface area (Å²) < 4.78 is 47.7. The fourth-order valence-electron chi connectivity index (χ4n) is 3.99. The summed E-state index contributed by atoms with van der Waals surface area (Å²) in [6.07, 6.45) is 2.34. The second-order valence-electron chi connectivity index (χ2n) is 8.16. The molecule has 0 unspecified atom stereocenters. The van der Waals surface area contributed by atoms with Gasteiger partial charge in [0.05, 0.1) is 12.5 Å². The van der Waals surface area contributed by atoms with Crippen molar-refractivity contribution in [3.63, 3.8) is 0 Å². The van der Waals surface area contributed by atoms with Crippen LogP contribution in [0.4, 0.5) is 13.2 Å². The molecule has 180 valence electrons. The van der Waals surface area contributed by atoms with E-state index in [1.165, 1.54) is 24.3 Å². The molecule has 3 aromatic rings. The van der Waals surface area contributed by atoms with Crippen LogP contribution >= 0.6 is 0 Å². The van der Waals surface area contributed by atoms with Crippen molar-refractivity contribution in [2.45, 2.75) is 31.8 Å². The summed E-state index contributed by atoms with van der Waals surface area (Å²) in [6, 6.07) is 12.4. The zero-order chi connectivity index (χ0) is 23.9. The molecule has 7 nitrogen and oxygen atoms in total. The van der Waals surface area contributed by atoms with E-state index in [0.29, 0.717) is 36.8 Å². The molecule has 1 aliphatic heterocycles. The summed E-state index contributed by atoms with van der Waals surface area (Å²) >= 11 is 0. The van der Waals surface area contributed by atoms with Crippen molar-refractivity contribution in [1.82, 2.24) is 20.4 Å². The Balaban J connectivity index is 1.23. The molecule has 10 heteroatoms. The average Bonchev–Trinajstić information content (AvgIpc) is 3.31. The molecule has 1 amide bonds. The summed E-state index contributed by atoms with van der Waals surface area (Å²) in [5.74, 6) is 0.486. The molecule has 1 saturated heterocycles. The number of alkyl halides is 2. The van der Waals surface area contributed by atoms with Gasteiger partial charge in [-0.3, -0.25) is 9.69 Å². The van der Waals surface area contributed by atoms with Crippen LogP contribution in [0, 0.1) is 5.82 Å². The highest BCUT2D eigenvalue weighted by Gasteiger charge is 2.27. The Kier molecular flexibility index (Phi) is 7.79. The van der Waals surface area contributed by atoms with Crippen molar-refractivity contribution >= 4 is 5.91 Å². The van der Waals surface area contributed by atoms with E-state index in [1.54, 1.807) is 24.3 Å². The number of carbonyl (C=O) groups excluding carboxylic acids is 1. The number of benzene rings is 2. The predicted molar refractivity (Wildman–Crippen MR) is 118 cm³/mol. The third-order valence-corrected chi connectivity index (χ3v) is 5.63.